The van der Waals surface area contributed by atoms with E-state index in [4.69, 9.17) is 4.98 Å². The third-order valence-corrected chi connectivity index (χ3v) is 5.40. The predicted molar refractivity (Wildman–Crippen MR) is 120 cm³/mol. The molecule has 0 spiro atoms. The lowest BCUT2D eigenvalue weighted by atomic mass is 10.0. The Bertz CT molecular complexity index is 1460. The number of amides is 1. The largest absolute Gasteiger partial charge is 0.321 e. The van der Waals surface area contributed by atoms with Crippen LogP contribution in [0.25, 0.3) is 33.3 Å². The quantitative estimate of drug-likeness (QED) is 0.488. The first-order valence-corrected chi connectivity index (χ1v) is 9.93. The Morgan fingerprint density at radius 1 is 0.935 bits per heavy atom. The lowest BCUT2D eigenvalue weighted by Gasteiger charge is -2.10. The van der Waals surface area contributed by atoms with Crippen molar-refractivity contribution in [2.24, 2.45) is 14.1 Å². The van der Waals surface area contributed by atoms with Crippen LogP contribution in [-0.4, -0.2) is 35.4 Å². The van der Waals surface area contributed by atoms with Crippen LogP contribution >= 0.6 is 0 Å². The Morgan fingerprint density at radius 3 is 2.42 bits per heavy atom. The molecule has 4 aromatic heterocycles. The summed E-state index contributed by atoms with van der Waals surface area (Å²) in [4.78, 5) is 22.6. The second-order valence-corrected chi connectivity index (χ2v) is 7.59. The number of fused-ring (bicyclic) bond motifs is 2. The van der Waals surface area contributed by atoms with E-state index in [-0.39, 0.29) is 5.91 Å². The van der Waals surface area contributed by atoms with E-state index < -0.39 is 0 Å². The summed E-state index contributed by atoms with van der Waals surface area (Å²) in [6, 6.07) is 13.5. The van der Waals surface area contributed by atoms with Crippen LogP contribution in [0.3, 0.4) is 0 Å². The molecule has 0 saturated heterocycles. The van der Waals surface area contributed by atoms with Crippen LogP contribution in [0.1, 0.15) is 21.7 Å². The van der Waals surface area contributed by atoms with Crippen LogP contribution in [0, 0.1) is 13.8 Å². The molecule has 31 heavy (non-hydrogen) atoms. The zero-order valence-corrected chi connectivity index (χ0v) is 17.7. The van der Waals surface area contributed by atoms with Gasteiger partial charge in [-0.25, -0.2) is 9.97 Å². The van der Waals surface area contributed by atoms with E-state index >= 15 is 0 Å². The Kier molecular flexibility index (Phi) is 4.28. The minimum Gasteiger partial charge on any atom is -0.321 e. The van der Waals surface area contributed by atoms with Crippen LogP contribution in [0.5, 0.6) is 0 Å². The number of nitrogens with one attached hydrogen (secondary N) is 1. The van der Waals surface area contributed by atoms with Gasteiger partial charge < -0.3 is 5.32 Å². The third kappa shape index (κ3) is 3.13. The summed E-state index contributed by atoms with van der Waals surface area (Å²) in [6.45, 7) is 3.81. The molecule has 1 aromatic carbocycles. The highest BCUT2D eigenvalue weighted by Crippen LogP contribution is 2.28. The van der Waals surface area contributed by atoms with E-state index in [1.54, 1.807) is 15.6 Å². The van der Waals surface area contributed by atoms with E-state index in [0.717, 1.165) is 39.1 Å². The van der Waals surface area contributed by atoms with Crippen LogP contribution < -0.4 is 5.32 Å². The van der Waals surface area contributed by atoms with E-state index in [1.807, 2.05) is 70.4 Å². The highest BCUT2D eigenvalue weighted by atomic mass is 16.1. The zero-order valence-electron chi connectivity index (χ0n) is 17.7. The molecule has 0 atom stereocenters. The van der Waals surface area contributed by atoms with Gasteiger partial charge in [0.15, 0.2) is 11.3 Å². The van der Waals surface area contributed by atoms with Crippen molar-refractivity contribution in [3.8, 4) is 11.3 Å². The number of nitrogens with zero attached hydrogens (tertiary/aromatic N) is 6. The van der Waals surface area contributed by atoms with Gasteiger partial charge in [0.1, 0.15) is 0 Å². The Morgan fingerprint density at radius 2 is 1.65 bits per heavy atom. The van der Waals surface area contributed by atoms with Crippen molar-refractivity contribution in [1.29, 1.82) is 0 Å². The van der Waals surface area contributed by atoms with Crippen LogP contribution in [-0.2, 0) is 14.1 Å². The lowest BCUT2D eigenvalue weighted by molar-refractivity contribution is 0.102. The molecule has 0 saturated carbocycles. The second-order valence-electron chi connectivity index (χ2n) is 7.59. The monoisotopic (exact) mass is 411 g/mol. The molecule has 0 radical (unpaired) electrons. The molecule has 0 bridgehead atoms. The molecule has 8 heteroatoms. The average molecular weight is 411 g/mol. The van der Waals surface area contributed by atoms with E-state index in [0.29, 0.717) is 16.9 Å². The van der Waals surface area contributed by atoms with Crippen molar-refractivity contribution in [2.75, 3.05) is 5.32 Å². The number of carbonyl (C=O) groups excluding carboxylic acids is 1. The fourth-order valence-corrected chi connectivity index (χ4v) is 3.96. The number of aryl methyl sites for hydroxylation is 4. The van der Waals surface area contributed by atoms with Crippen LogP contribution in [0.2, 0.25) is 0 Å². The summed E-state index contributed by atoms with van der Waals surface area (Å²) in [6.07, 6.45) is 1.65. The molecule has 0 fully saturated rings. The first-order valence-electron chi connectivity index (χ1n) is 9.93. The van der Waals surface area contributed by atoms with Crippen molar-refractivity contribution in [2.45, 2.75) is 13.8 Å². The normalized spacial score (nSPS) is 11.4. The number of aromatic nitrogens is 6. The topological polar surface area (TPSA) is 90.5 Å². The van der Waals surface area contributed by atoms with Gasteiger partial charge in [-0.15, -0.1) is 0 Å². The minimum atomic E-state index is -0.233. The van der Waals surface area contributed by atoms with Crippen LogP contribution in [0.15, 0.2) is 48.7 Å². The molecule has 4 heterocycles. The Balaban J connectivity index is 1.62. The highest BCUT2D eigenvalue weighted by Gasteiger charge is 2.20. The third-order valence-electron chi connectivity index (χ3n) is 5.40. The van der Waals surface area contributed by atoms with E-state index in [9.17, 15) is 4.79 Å². The zero-order chi connectivity index (χ0) is 21.7. The fraction of sp³-hybridized carbons (Fsp3) is 0.174. The molecule has 8 nitrogen and oxygen atoms in total. The number of rotatable bonds is 3. The van der Waals surface area contributed by atoms with Gasteiger partial charge in [-0.1, -0.05) is 30.3 Å². The molecule has 154 valence electrons. The summed E-state index contributed by atoms with van der Waals surface area (Å²) in [7, 11) is 3.69. The summed E-state index contributed by atoms with van der Waals surface area (Å²) < 4.78 is 3.44. The highest BCUT2D eigenvalue weighted by molar-refractivity contribution is 6.13. The molecule has 0 aliphatic rings. The summed E-state index contributed by atoms with van der Waals surface area (Å²) >= 11 is 0. The van der Waals surface area contributed by atoms with Gasteiger partial charge in [-0.3, -0.25) is 14.2 Å². The van der Waals surface area contributed by atoms with Gasteiger partial charge in [-0.2, -0.15) is 10.2 Å². The number of pyridine rings is 2. The number of carbonyl (C=O) groups is 1. The number of hydrogen-bond donors (Lipinski definition) is 1. The summed E-state index contributed by atoms with van der Waals surface area (Å²) in [5, 5.41) is 13.5. The molecule has 1 amide bonds. The van der Waals surface area contributed by atoms with Crippen molar-refractivity contribution in [1.82, 2.24) is 29.5 Å². The molecular formula is C23H21N7O. The standard InChI is InChI=1S/C23H21N7O/c1-13-17-10-16(12-24-21(17)29(3)27-13)25-23(31)18-11-19(15-8-6-5-7-9-15)26-22-20(18)14(2)28-30(22)4/h5-12H,1-4H3,(H,25,31). The maximum Gasteiger partial charge on any atom is 0.256 e. The predicted octanol–water partition coefficient (Wildman–Crippen LogP) is 3.79. The van der Waals surface area contributed by atoms with Gasteiger partial charge in [-0.05, 0) is 26.0 Å². The van der Waals surface area contributed by atoms with Crippen LogP contribution in [0.4, 0.5) is 5.69 Å². The molecule has 0 aliphatic carbocycles. The smallest absolute Gasteiger partial charge is 0.256 e. The molecular weight excluding hydrogens is 390 g/mol. The maximum absolute atomic E-state index is 13.4. The van der Waals surface area contributed by atoms with Crippen molar-refractivity contribution in [3.05, 3.63) is 65.6 Å². The van der Waals surface area contributed by atoms with Gasteiger partial charge in [0.25, 0.3) is 5.91 Å². The fourth-order valence-electron chi connectivity index (χ4n) is 3.96. The molecule has 1 N–H and O–H groups in total. The average Bonchev–Trinajstić information content (AvgIpc) is 3.22. The first kappa shape index (κ1) is 18.9. The van der Waals surface area contributed by atoms with Crippen molar-refractivity contribution < 1.29 is 4.79 Å². The Hall–Kier alpha value is -4.07. The number of benzene rings is 1. The molecule has 5 aromatic rings. The SMILES string of the molecule is Cc1nn(C)c2ncc(NC(=O)c3cc(-c4ccccc4)nc4c3c(C)nn4C)cc12. The van der Waals surface area contributed by atoms with Gasteiger partial charge >= 0.3 is 0 Å². The number of hydrogen-bond acceptors (Lipinski definition) is 5. The van der Waals surface area contributed by atoms with Gasteiger partial charge in [0.2, 0.25) is 0 Å². The molecule has 0 unspecified atom stereocenters. The first-order chi connectivity index (χ1) is 14.9. The van der Waals surface area contributed by atoms with E-state index in [2.05, 4.69) is 20.5 Å². The number of anilines is 1. The molecule has 5 rings (SSSR count). The van der Waals surface area contributed by atoms with E-state index in [1.165, 1.54) is 0 Å². The second kappa shape index (κ2) is 7.02. The lowest BCUT2D eigenvalue weighted by Crippen LogP contribution is -2.13. The van der Waals surface area contributed by atoms with Crippen molar-refractivity contribution in [3.63, 3.8) is 0 Å². The van der Waals surface area contributed by atoms with Gasteiger partial charge in [0, 0.05) is 25.0 Å². The van der Waals surface area contributed by atoms with Gasteiger partial charge in [0.05, 0.1) is 39.9 Å². The minimum absolute atomic E-state index is 0.233. The summed E-state index contributed by atoms with van der Waals surface area (Å²) in [5.41, 5.74) is 5.85. The summed E-state index contributed by atoms with van der Waals surface area (Å²) in [5.74, 6) is -0.233. The Labute approximate surface area is 178 Å². The van der Waals surface area contributed by atoms with Crippen molar-refractivity contribution >= 4 is 33.7 Å². The maximum atomic E-state index is 13.4. The molecule has 0 aliphatic heterocycles.